The van der Waals surface area contributed by atoms with E-state index in [2.05, 4.69) is 10.0 Å². The lowest BCUT2D eigenvalue weighted by molar-refractivity contribution is -0.114. The summed E-state index contributed by atoms with van der Waals surface area (Å²) in [7, 11) is -3.78. The molecule has 0 aliphatic carbocycles. The van der Waals surface area contributed by atoms with Gasteiger partial charge in [0.2, 0.25) is 5.91 Å². The van der Waals surface area contributed by atoms with Crippen LogP contribution < -0.4 is 10.0 Å². The van der Waals surface area contributed by atoms with Crippen molar-refractivity contribution in [3.8, 4) is 0 Å². The fraction of sp³-hybridized carbons (Fsp3) is 0.125. The van der Waals surface area contributed by atoms with Crippen molar-refractivity contribution in [1.82, 2.24) is 0 Å². The minimum Gasteiger partial charge on any atom is -0.326 e. The minimum atomic E-state index is -3.78. The molecule has 23 heavy (non-hydrogen) atoms. The molecule has 0 heterocycles. The summed E-state index contributed by atoms with van der Waals surface area (Å²) >= 11 is 0. The van der Waals surface area contributed by atoms with Gasteiger partial charge in [-0.25, -0.2) is 8.42 Å². The number of sulfonamides is 1. The average Bonchev–Trinajstić information content (AvgIpc) is 2.47. The van der Waals surface area contributed by atoms with Gasteiger partial charge in [-0.05, 0) is 43.3 Å². The van der Waals surface area contributed by atoms with Crippen LogP contribution in [-0.4, -0.2) is 20.1 Å². The third-order valence-electron chi connectivity index (χ3n) is 3.01. The summed E-state index contributed by atoms with van der Waals surface area (Å²) in [6, 6.07) is 12.0. The first-order valence-corrected chi connectivity index (χ1v) is 8.28. The Balaban J connectivity index is 2.23. The zero-order valence-corrected chi connectivity index (χ0v) is 13.5. The minimum absolute atomic E-state index is 0.0554. The second-order valence-electron chi connectivity index (χ2n) is 4.95. The summed E-state index contributed by atoms with van der Waals surface area (Å²) in [5.74, 6) is -0.384. The van der Waals surface area contributed by atoms with E-state index in [1.54, 1.807) is 18.2 Å². The first-order valence-electron chi connectivity index (χ1n) is 6.79. The first-order chi connectivity index (χ1) is 10.8. The highest BCUT2D eigenvalue weighted by Gasteiger charge is 2.14. The Bertz CT molecular complexity index is 843. The summed E-state index contributed by atoms with van der Waals surface area (Å²) in [5.41, 5.74) is 1.24. The lowest BCUT2D eigenvalue weighted by atomic mass is 10.1. The second kappa shape index (κ2) is 6.62. The molecule has 0 saturated carbocycles. The van der Waals surface area contributed by atoms with Gasteiger partial charge in [0.1, 0.15) is 0 Å². The highest BCUT2D eigenvalue weighted by Crippen LogP contribution is 2.19. The lowest BCUT2D eigenvalue weighted by Crippen LogP contribution is -2.13. The van der Waals surface area contributed by atoms with E-state index in [1.165, 1.54) is 44.2 Å². The molecule has 0 aliphatic heterocycles. The third kappa shape index (κ3) is 4.40. The van der Waals surface area contributed by atoms with Crippen LogP contribution in [0.1, 0.15) is 24.2 Å². The monoisotopic (exact) mass is 332 g/mol. The number of anilines is 2. The number of rotatable bonds is 5. The third-order valence-corrected chi connectivity index (χ3v) is 4.40. The highest BCUT2D eigenvalue weighted by molar-refractivity contribution is 7.92. The molecule has 0 aromatic heterocycles. The van der Waals surface area contributed by atoms with E-state index in [-0.39, 0.29) is 16.6 Å². The Labute approximate surface area is 134 Å². The van der Waals surface area contributed by atoms with Gasteiger partial charge >= 0.3 is 0 Å². The molecule has 0 unspecified atom stereocenters. The van der Waals surface area contributed by atoms with Gasteiger partial charge < -0.3 is 5.32 Å². The van der Waals surface area contributed by atoms with Crippen LogP contribution >= 0.6 is 0 Å². The molecule has 6 nitrogen and oxygen atoms in total. The fourth-order valence-corrected chi connectivity index (χ4v) is 2.99. The van der Waals surface area contributed by atoms with Crippen LogP contribution in [0.3, 0.4) is 0 Å². The summed E-state index contributed by atoms with van der Waals surface area (Å²) in [6.07, 6.45) is 0. The molecular weight excluding hydrogens is 316 g/mol. The Morgan fingerprint density at radius 2 is 1.57 bits per heavy atom. The Morgan fingerprint density at radius 3 is 2.13 bits per heavy atom. The van der Waals surface area contributed by atoms with E-state index in [1.807, 2.05) is 0 Å². The maximum atomic E-state index is 12.3. The molecule has 2 aromatic rings. The number of carbonyl (C=O) groups excluding carboxylic acids is 2. The van der Waals surface area contributed by atoms with Gasteiger partial charge in [-0.2, -0.15) is 0 Å². The van der Waals surface area contributed by atoms with Crippen LogP contribution in [0.15, 0.2) is 53.4 Å². The quantitative estimate of drug-likeness (QED) is 0.823. The predicted octanol–water partition coefficient (Wildman–Crippen LogP) is 2.65. The number of ketones is 1. The van der Waals surface area contributed by atoms with E-state index >= 15 is 0 Å². The molecule has 0 aliphatic rings. The molecule has 0 saturated heterocycles. The first kappa shape index (κ1) is 16.7. The van der Waals surface area contributed by atoms with E-state index in [9.17, 15) is 18.0 Å². The molecule has 7 heteroatoms. The van der Waals surface area contributed by atoms with Crippen molar-refractivity contribution < 1.29 is 18.0 Å². The number of nitrogens with one attached hydrogen (secondary N) is 2. The molecule has 0 atom stereocenters. The van der Waals surface area contributed by atoms with Crippen LogP contribution in [-0.2, 0) is 14.8 Å². The fourth-order valence-electron chi connectivity index (χ4n) is 1.94. The van der Waals surface area contributed by atoms with E-state index < -0.39 is 10.0 Å². The number of Topliss-reactive ketones (excluding diaryl/α,β-unsaturated/α-hetero) is 1. The lowest BCUT2D eigenvalue weighted by Gasteiger charge is -2.09. The van der Waals surface area contributed by atoms with Crippen LogP contribution in [0.4, 0.5) is 11.4 Å². The normalized spacial score (nSPS) is 10.9. The molecule has 2 rings (SSSR count). The number of hydrogen-bond donors (Lipinski definition) is 2. The molecule has 0 bridgehead atoms. The number of hydrogen-bond acceptors (Lipinski definition) is 4. The van der Waals surface area contributed by atoms with Crippen LogP contribution in [0.5, 0.6) is 0 Å². The van der Waals surface area contributed by atoms with E-state index in [4.69, 9.17) is 0 Å². The van der Waals surface area contributed by atoms with Gasteiger partial charge in [0.25, 0.3) is 10.0 Å². The van der Waals surface area contributed by atoms with Crippen molar-refractivity contribution in [2.45, 2.75) is 18.7 Å². The molecule has 2 N–H and O–H groups in total. The van der Waals surface area contributed by atoms with Crippen molar-refractivity contribution in [3.63, 3.8) is 0 Å². The second-order valence-corrected chi connectivity index (χ2v) is 6.63. The highest BCUT2D eigenvalue weighted by atomic mass is 32.2. The van der Waals surface area contributed by atoms with Crippen molar-refractivity contribution in [2.75, 3.05) is 10.0 Å². The number of amides is 1. The van der Waals surface area contributed by atoms with Crippen molar-refractivity contribution in [1.29, 1.82) is 0 Å². The standard InChI is InChI=1S/C16H16N2O4S/c1-11(19)13-4-3-5-15(10-13)18-23(21,22)16-8-6-14(7-9-16)17-12(2)20/h3-10,18H,1-2H3,(H,17,20). The van der Waals surface area contributed by atoms with Crippen LogP contribution in [0, 0.1) is 0 Å². The van der Waals surface area contributed by atoms with Crippen LogP contribution in [0.25, 0.3) is 0 Å². The summed E-state index contributed by atoms with van der Waals surface area (Å²) < 4.78 is 27.1. The molecule has 0 radical (unpaired) electrons. The SMILES string of the molecule is CC(=O)Nc1ccc(S(=O)(=O)Nc2cccc(C(C)=O)c2)cc1. The van der Waals surface area contributed by atoms with Crippen LogP contribution in [0.2, 0.25) is 0 Å². The molecule has 1 amide bonds. The van der Waals surface area contributed by atoms with Crippen molar-refractivity contribution in [2.24, 2.45) is 0 Å². The zero-order valence-electron chi connectivity index (χ0n) is 12.7. The number of benzene rings is 2. The van der Waals surface area contributed by atoms with Gasteiger partial charge in [0.15, 0.2) is 5.78 Å². The largest absolute Gasteiger partial charge is 0.326 e. The Morgan fingerprint density at radius 1 is 0.913 bits per heavy atom. The predicted molar refractivity (Wildman–Crippen MR) is 88.0 cm³/mol. The van der Waals surface area contributed by atoms with Gasteiger partial charge in [-0.1, -0.05) is 12.1 Å². The summed E-state index contributed by atoms with van der Waals surface area (Å²) in [4.78, 5) is 22.4. The van der Waals surface area contributed by atoms with Gasteiger partial charge in [-0.15, -0.1) is 0 Å². The maximum Gasteiger partial charge on any atom is 0.261 e. The Kier molecular flexibility index (Phi) is 4.80. The Hall–Kier alpha value is -2.67. The smallest absolute Gasteiger partial charge is 0.261 e. The average molecular weight is 332 g/mol. The number of carbonyl (C=O) groups is 2. The van der Waals surface area contributed by atoms with E-state index in [0.29, 0.717) is 16.9 Å². The van der Waals surface area contributed by atoms with E-state index in [0.717, 1.165) is 0 Å². The topological polar surface area (TPSA) is 92.3 Å². The zero-order chi connectivity index (χ0) is 17.0. The molecule has 0 spiro atoms. The summed E-state index contributed by atoms with van der Waals surface area (Å²) in [6.45, 7) is 2.78. The molecule has 2 aromatic carbocycles. The van der Waals surface area contributed by atoms with Crippen molar-refractivity contribution >= 4 is 33.1 Å². The van der Waals surface area contributed by atoms with Crippen molar-refractivity contribution in [3.05, 3.63) is 54.1 Å². The maximum absolute atomic E-state index is 12.3. The summed E-state index contributed by atoms with van der Waals surface area (Å²) in [5, 5.41) is 2.56. The molecule has 120 valence electrons. The molecular formula is C16H16N2O4S. The van der Waals surface area contributed by atoms with Gasteiger partial charge in [0, 0.05) is 23.9 Å². The van der Waals surface area contributed by atoms with Gasteiger partial charge in [-0.3, -0.25) is 14.3 Å². The molecule has 0 fully saturated rings. The van der Waals surface area contributed by atoms with Gasteiger partial charge in [0.05, 0.1) is 4.90 Å².